The van der Waals surface area contributed by atoms with E-state index >= 15 is 0 Å². The molecule has 0 aromatic heterocycles. The highest BCUT2D eigenvalue weighted by Crippen LogP contribution is 2.39. The van der Waals surface area contributed by atoms with Crippen LogP contribution in [0.4, 0.5) is 0 Å². The van der Waals surface area contributed by atoms with Crippen molar-refractivity contribution in [1.82, 2.24) is 0 Å². The van der Waals surface area contributed by atoms with Gasteiger partial charge in [0.05, 0.1) is 13.7 Å². The molecule has 0 unspecified atom stereocenters. The number of benzene rings is 1. The molecule has 0 atom stereocenters. The summed E-state index contributed by atoms with van der Waals surface area (Å²) in [5, 5.41) is 9.54. The van der Waals surface area contributed by atoms with E-state index in [4.69, 9.17) is 4.74 Å². The van der Waals surface area contributed by atoms with Crippen LogP contribution >= 0.6 is 0 Å². The number of aliphatic hydroxyl groups excluding tert-OH is 1. The summed E-state index contributed by atoms with van der Waals surface area (Å²) >= 11 is 0. The minimum absolute atomic E-state index is 0.170. The molecule has 106 valence electrons. The molecule has 0 bridgehead atoms. The van der Waals surface area contributed by atoms with Gasteiger partial charge in [-0.2, -0.15) is 0 Å². The topological polar surface area (TPSA) is 29.5 Å². The number of ether oxygens (including phenoxy) is 1. The molecule has 1 aliphatic rings. The van der Waals surface area contributed by atoms with Crippen LogP contribution in [0.1, 0.15) is 63.0 Å². The third-order valence-corrected chi connectivity index (χ3v) is 4.45. The first-order valence-corrected chi connectivity index (χ1v) is 7.38. The Hall–Kier alpha value is -1.02. The Morgan fingerprint density at radius 3 is 2.47 bits per heavy atom. The quantitative estimate of drug-likeness (QED) is 0.888. The van der Waals surface area contributed by atoms with Crippen molar-refractivity contribution in [2.75, 3.05) is 13.7 Å². The standard InChI is InChI=1S/C17H26O2/c1-17(2,12-18)14-9-10-16(19-3)15(11-14)13-7-5-4-6-8-13/h9-11,13,18H,4-8,12H2,1-3H3. The Morgan fingerprint density at radius 1 is 1.21 bits per heavy atom. The molecule has 1 aromatic rings. The van der Waals surface area contributed by atoms with Crippen LogP contribution in [0.25, 0.3) is 0 Å². The molecule has 19 heavy (non-hydrogen) atoms. The fourth-order valence-electron chi connectivity index (χ4n) is 2.98. The lowest BCUT2D eigenvalue weighted by Crippen LogP contribution is -2.22. The molecule has 2 heteroatoms. The van der Waals surface area contributed by atoms with Gasteiger partial charge in [0.15, 0.2) is 0 Å². The van der Waals surface area contributed by atoms with E-state index < -0.39 is 0 Å². The van der Waals surface area contributed by atoms with Gasteiger partial charge in [-0.1, -0.05) is 45.2 Å². The largest absolute Gasteiger partial charge is 0.496 e. The van der Waals surface area contributed by atoms with Crippen LogP contribution in [0.2, 0.25) is 0 Å². The van der Waals surface area contributed by atoms with Gasteiger partial charge in [0.1, 0.15) is 5.75 Å². The average molecular weight is 262 g/mol. The number of hydrogen-bond acceptors (Lipinski definition) is 2. The van der Waals surface area contributed by atoms with E-state index in [0.29, 0.717) is 5.92 Å². The van der Waals surface area contributed by atoms with Crippen molar-refractivity contribution in [3.8, 4) is 5.75 Å². The molecular formula is C17H26O2. The van der Waals surface area contributed by atoms with Gasteiger partial charge in [-0.25, -0.2) is 0 Å². The maximum absolute atomic E-state index is 9.54. The van der Waals surface area contributed by atoms with Gasteiger partial charge >= 0.3 is 0 Å². The van der Waals surface area contributed by atoms with Crippen LogP contribution in [-0.2, 0) is 5.41 Å². The summed E-state index contributed by atoms with van der Waals surface area (Å²) in [6.45, 7) is 4.34. The average Bonchev–Trinajstić information content (AvgIpc) is 2.47. The molecule has 1 aliphatic carbocycles. The zero-order valence-electron chi connectivity index (χ0n) is 12.4. The lowest BCUT2D eigenvalue weighted by Gasteiger charge is -2.28. The number of hydrogen-bond donors (Lipinski definition) is 1. The first-order valence-electron chi connectivity index (χ1n) is 7.38. The number of aliphatic hydroxyl groups is 1. The van der Waals surface area contributed by atoms with Crippen LogP contribution in [0, 0.1) is 0 Å². The zero-order valence-corrected chi connectivity index (χ0v) is 12.4. The zero-order chi connectivity index (χ0) is 13.9. The normalized spacial score (nSPS) is 17.5. The monoisotopic (exact) mass is 262 g/mol. The summed E-state index contributed by atoms with van der Waals surface area (Å²) in [5.74, 6) is 1.63. The van der Waals surface area contributed by atoms with E-state index in [-0.39, 0.29) is 12.0 Å². The Balaban J connectivity index is 2.36. The molecule has 0 spiro atoms. The Kier molecular flexibility index (Phi) is 4.51. The molecule has 2 nitrogen and oxygen atoms in total. The maximum atomic E-state index is 9.54. The van der Waals surface area contributed by atoms with E-state index in [1.54, 1.807) is 7.11 Å². The molecular weight excluding hydrogens is 236 g/mol. The second-order valence-corrected chi connectivity index (χ2v) is 6.33. The maximum Gasteiger partial charge on any atom is 0.122 e. The second kappa shape index (κ2) is 5.96. The minimum Gasteiger partial charge on any atom is -0.496 e. The van der Waals surface area contributed by atoms with E-state index in [2.05, 4.69) is 32.0 Å². The van der Waals surface area contributed by atoms with Crippen molar-refractivity contribution in [3.05, 3.63) is 29.3 Å². The summed E-state index contributed by atoms with van der Waals surface area (Å²) in [6, 6.07) is 6.41. The molecule has 1 aromatic carbocycles. The highest BCUT2D eigenvalue weighted by molar-refractivity contribution is 5.42. The van der Waals surface area contributed by atoms with Crippen LogP contribution in [0.3, 0.4) is 0 Å². The lowest BCUT2D eigenvalue weighted by atomic mass is 9.79. The van der Waals surface area contributed by atoms with Gasteiger partial charge < -0.3 is 9.84 Å². The molecule has 0 saturated heterocycles. The summed E-state index contributed by atoms with van der Waals surface area (Å²) < 4.78 is 5.54. The van der Waals surface area contributed by atoms with E-state index in [9.17, 15) is 5.11 Å². The van der Waals surface area contributed by atoms with Crippen LogP contribution < -0.4 is 4.74 Å². The van der Waals surface area contributed by atoms with Crippen molar-refractivity contribution in [2.24, 2.45) is 0 Å². The predicted octanol–water partition coefficient (Wildman–Crippen LogP) is 4.01. The van der Waals surface area contributed by atoms with Crippen molar-refractivity contribution in [2.45, 2.75) is 57.3 Å². The predicted molar refractivity (Wildman–Crippen MR) is 78.9 cm³/mol. The Morgan fingerprint density at radius 2 is 1.89 bits per heavy atom. The Bertz CT molecular complexity index is 417. The van der Waals surface area contributed by atoms with Crippen molar-refractivity contribution in [1.29, 1.82) is 0 Å². The molecule has 1 saturated carbocycles. The fourth-order valence-corrected chi connectivity index (χ4v) is 2.98. The summed E-state index contributed by atoms with van der Waals surface area (Å²) in [6.07, 6.45) is 6.53. The highest BCUT2D eigenvalue weighted by atomic mass is 16.5. The summed E-state index contributed by atoms with van der Waals surface area (Å²) in [5.41, 5.74) is 2.35. The van der Waals surface area contributed by atoms with Gasteiger partial charge in [0.2, 0.25) is 0 Å². The fraction of sp³-hybridized carbons (Fsp3) is 0.647. The second-order valence-electron chi connectivity index (χ2n) is 6.33. The van der Waals surface area contributed by atoms with Gasteiger partial charge in [-0.05, 0) is 36.0 Å². The SMILES string of the molecule is COc1ccc(C(C)(C)CO)cc1C1CCCCC1. The third kappa shape index (κ3) is 3.11. The molecule has 0 amide bonds. The van der Waals surface area contributed by atoms with Crippen LogP contribution in [0.15, 0.2) is 18.2 Å². The highest BCUT2D eigenvalue weighted by Gasteiger charge is 2.24. The van der Waals surface area contributed by atoms with Crippen molar-refractivity contribution < 1.29 is 9.84 Å². The Labute approximate surface area is 116 Å². The molecule has 0 aliphatic heterocycles. The molecule has 0 radical (unpaired) electrons. The van der Waals surface area contributed by atoms with Crippen LogP contribution in [0.5, 0.6) is 5.75 Å². The molecule has 0 heterocycles. The number of methoxy groups -OCH3 is 1. The summed E-state index contributed by atoms with van der Waals surface area (Å²) in [4.78, 5) is 0. The minimum atomic E-state index is -0.185. The van der Waals surface area contributed by atoms with E-state index in [0.717, 1.165) is 5.75 Å². The molecule has 1 fully saturated rings. The smallest absolute Gasteiger partial charge is 0.122 e. The first-order chi connectivity index (χ1) is 9.08. The van der Waals surface area contributed by atoms with E-state index in [1.165, 1.54) is 43.2 Å². The molecule has 2 rings (SSSR count). The number of rotatable bonds is 4. The lowest BCUT2D eigenvalue weighted by molar-refractivity contribution is 0.218. The van der Waals surface area contributed by atoms with Gasteiger partial charge in [0, 0.05) is 5.41 Å². The first kappa shape index (κ1) is 14.4. The van der Waals surface area contributed by atoms with Crippen molar-refractivity contribution in [3.63, 3.8) is 0 Å². The third-order valence-electron chi connectivity index (χ3n) is 4.45. The van der Waals surface area contributed by atoms with Gasteiger partial charge in [-0.15, -0.1) is 0 Å². The van der Waals surface area contributed by atoms with E-state index in [1.807, 2.05) is 0 Å². The van der Waals surface area contributed by atoms with Crippen LogP contribution in [-0.4, -0.2) is 18.8 Å². The molecule has 1 N–H and O–H groups in total. The summed E-state index contributed by atoms with van der Waals surface area (Å²) in [7, 11) is 1.75. The van der Waals surface area contributed by atoms with Crippen molar-refractivity contribution >= 4 is 0 Å². The van der Waals surface area contributed by atoms with Gasteiger partial charge in [-0.3, -0.25) is 0 Å². The van der Waals surface area contributed by atoms with Gasteiger partial charge in [0.25, 0.3) is 0 Å².